The number of hydrogen-bond acceptors (Lipinski definition) is 1. The average molecular weight is 350 g/mol. The Morgan fingerprint density at radius 3 is 2.67 bits per heavy atom. The van der Waals surface area contributed by atoms with Gasteiger partial charge in [-0.2, -0.15) is 0 Å². The molecule has 0 radical (unpaired) electrons. The molecule has 0 N–H and O–H groups in total. The highest BCUT2D eigenvalue weighted by Crippen LogP contribution is 2.29. The molecule has 0 amide bonds. The topological polar surface area (TPSA) is 9.23 Å². The van der Waals surface area contributed by atoms with Crippen LogP contribution in [0.2, 0.25) is 10.0 Å². The Kier molecular flexibility index (Phi) is 4.49. The quantitative estimate of drug-likeness (QED) is 0.713. The lowest BCUT2D eigenvalue weighted by Gasteiger charge is -2.09. The summed E-state index contributed by atoms with van der Waals surface area (Å²) in [5.74, 6) is 0.190. The van der Waals surface area contributed by atoms with Crippen molar-refractivity contribution < 1.29 is 9.13 Å². The molecule has 0 aromatic heterocycles. The third kappa shape index (κ3) is 3.16. The maximum Gasteiger partial charge on any atom is 0.138 e. The van der Waals surface area contributed by atoms with Gasteiger partial charge < -0.3 is 4.74 Å². The predicted octanol–water partition coefficient (Wildman–Crippen LogP) is 5.47. The zero-order valence-corrected chi connectivity index (χ0v) is 12.2. The molecule has 0 atom stereocenters. The lowest BCUT2D eigenvalue weighted by Crippen LogP contribution is -1.98. The van der Waals surface area contributed by atoms with E-state index in [1.807, 2.05) is 0 Å². The molecule has 94 valence electrons. The number of ether oxygens (including phenoxy) is 1. The Bertz CT molecular complexity index is 575. The molecule has 0 unspecified atom stereocenters. The van der Waals surface area contributed by atoms with Crippen LogP contribution in [0.15, 0.2) is 40.9 Å². The van der Waals surface area contributed by atoms with Crippen molar-refractivity contribution in [1.29, 1.82) is 0 Å². The van der Waals surface area contributed by atoms with Gasteiger partial charge in [0, 0.05) is 10.6 Å². The molecule has 2 aromatic rings. The summed E-state index contributed by atoms with van der Waals surface area (Å²) in [5.41, 5.74) is 0.709. The van der Waals surface area contributed by atoms with Gasteiger partial charge in [-0.25, -0.2) is 4.39 Å². The summed E-state index contributed by atoms with van der Waals surface area (Å²) in [6.45, 7) is 0.222. The van der Waals surface area contributed by atoms with Gasteiger partial charge in [0.05, 0.1) is 9.50 Å². The van der Waals surface area contributed by atoms with E-state index >= 15 is 0 Å². The Hall–Kier alpha value is -0.770. The monoisotopic (exact) mass is 348 g/mol. The van der Waals surface area contributed by atoms with Crippen LogP contribution in [0.5, 0.6) is 5.75 Å². The first-order valence-corrected chi connectivity index (χ1v) is 6.63. The SMILES string of the molecule is Fc1cccc(COc2ccc(Cl)cc2Cl)c1Br. The van der Waals surface area contributed by atoms with Crippen LogP contribution in [0.4, 0.5) is 4.39 Å². The summed E-state index contributed by atoms with van der Waals surface area (Å²) < 4.78 is 19.2. The third-order valence-corrected chi connectivity index (χ3v) is 3.73. The molecule has 0 spiro atoms. The van der Waals surface area contributed by atoms with Gasteiger partial charge in [-0.15, -0.1) is 0 Å². The minimum atomic E-state index is -0.321. The van der Waals surface area contributed by atoms with Crippen LogP contribution in [0.1, 0.15) is 5.56 Å². The second kappa shape index (κ2) is 5.91. The average Bonchev–Trinajstić information content (AvgIpc) is 2.33. The van der Waals surface area contributed by atoms with Gasteiger partial charge >= 0.3 is 0 Å². The van der Waals surface area contributed by atoms with Gasteiger partial charge in [-0.1, -0.05) is 35.3 Å². The van der Waals surface area contributed by atoms with Crippen molar-refractivity contribution in [3.8, 4) is 5.75 Å². The highest BCUT2D eigenvalue weighted by atomic mass is 79.9. The van der Waals surface area contributed by atoms with Crippen molar-refractivity contribution in [1.82, 2.24) is 0 Å². The zero-order chi connectivity index (χ0) is 13.1. The fourth-order valence-electron chi connectivity index (χ4n) is 1.41. The Balaban J connectivity index is 2.14. The highest BCUT2D eigenvalue weighted by Gasteiger charge is 2.07. The van der Waals surface area contributed by atoms with Gasteiger partial charge in [0.1, 0.15) is 18.2 Å². The minimum Gasteiger partial charge on any atom is -0.487 e. The van der Waals surface area contributed by atoms with Crippen LogP contribution in [0.25, 0.3) is 0 Å². The molecule has 0 fully saturated rings. The predicted molar refractivity (Wildman–Crippen MR) is 74.9 cm³/mol. The Labute approximate surface area is 123 Å². The van der Waals surface area contributed by atoms with Gasteiger partial charge in [0.25, 0.3) is 0 Å². The molecule has 2 aromatic carbocycles. The first kappa shape index (κ1) is 13.7. The smallest absolute Gasteiger partial charge is 0.138 e. The van der Waals surface area contributed by atoms with E-state index in [0.29, 0.717) is 25.8 Å². The molecule has 0 aliphatic heterocycles. The molecule has 0 aliphatic rings. The van der Waals surface area contributed by atoms with E-state index in [-0.39, 0.29) is 12.4 Å². The van der Waals surface area contributed by atoms with Crippen molar-refractivity contribution in [2.45, 2.75) is 6.61 Å². The first-order chi connectivity index (χ1) is 8.58. The summed E-state index contributed by atoms with van der Waals surface area (Å²) in [6.07, 6.45) is 0. The summed E-state index contributed by atoms with van der Waals surface area (Å²) in [7, 11) is 0. The maximum atomic E-state index is 13.3. The van der Waals surface area contributed by atoms with E-state index in [1.165, 1.54) is 6.07 Å². The molecule has 5 heteroatoms. The number of benzene rings is 2. The minimum absolute atomic E-state index is 0.222. The van der Waals surface area contributed by atoms with Gasteiger partial charge in [-0.05, 0) is 40.2 Å². The summed E-state index contributed by atoms with van der Waals surface area (Å²) in [4.78, 5) is 0. The lowest BCUT2D eigenvalue weighted by molar-refractivity contribution is 0.305. The van der Waals surface area contributed by atoms with Crippen LogP contribution in [-0.2, 0) is 6.61 Å². The molecule has 1 nitrogen and oxygen atoms in total. The van der Waals surface area contributed by atoms with E-state index in [9.17, 15) is 4.39 Å². The van der Waals surface area contributed by atoms with E-state index < -0.39 is 0 Å². The van der Waals surface area contributed by atoms with Crippen LogP contribution in [-0.4, -0.2) is 0 Å². The van der Waals surface area contributed by atoms with Crippen LogP contribution >= 0.6 is 39.1 Å². The molecular formula is C13H8BrCl2FO. The fraction of sp³-hybridized carbons (Fsp3) is 0.0769. The van der Waals surface area contributed by atoms with E-state index in [2.05, 4.69) is 15.9 Å². The van der Waals surface area contributed by atoms with E-state index in [0.717, 1.165) is 0 Å². The molecule has 2 rings (SSSR count). The van der Waals surface area contributed by atoms with Crippen molar-refractivity contribution in [2.24, 2.45) is 0 Å². The summed E-state index contributed by atoms with van der Waals surface area (Å²) >= 11 is 14.9. The molecule has 0 saturated heterocycles. The molecule has 0 aliphatic carbocycles. The van der Waals surface area contributed by atoms with E-state index in [4.69, 9.17) is 27.9 Å². The third-order valence-electron chi connectivity index (χ3n) is 2.31. The van der Waals surface area contributed by atoms with Gasteiger partial charge in [0.15, 0.2) is 0 Å². The maximum absolute atomic E-state index is 13.3. The highest BCUT2D eigenvalue weighted by molar-refractivity contribution is 9.10. The normalized spacial score (nSPS) is 10.4. The molecule has 18 heavy (non-hydrogen) atoms. The second-order valence-electron chi connectivity index (χ2n) is 3.58. The van der Waals surface area contributed by atoms with Gasteiger partial charge in [0.2, 0.25) is 0 Å². The second-order valence-corrected chi connectivity index (χ2v) is 5.21. The number of hydrogen-bond donors (Lipinski definition) is 0. The van der Waals surface area contributed by atoms with Crippen molar-refractivity contribution in [3.05, 3.63) is 62.3 Å². The summed E-state index contributed by atoms with van der Waals surface area (Å²) in [6, 6.07) is 9.74. The fourth-order valence-corrected chi connectivity index (χ4v) is 2.25. The van der Waals surface area contributed by atoms with Crippen molar-refractivity contribution >= 4 is 39.1 Å². The first-order valence-electron chi connectivity index (χ1n) is 5.08. The van der Waals surface area contributed by atoms with Gasteiger partial charge in [-0.3, -0.25) is 0 Å². The Morgan fingerprint density at radius 1 is 1.17 bits per heavy atom. The largest absolute Gasteiger partial charge is 0.487 e. The lowest BCUT2D eigenvalue weighted by atomic mass is 10.2. The van der Waals surface area contributed by atoms with Crippen molar-refractivity contribution in [2.75, 3.05) is 0 Å². The number of halogens is 4. The molecular weight excluding hydrogens is 342 g/mol. The van der Waals surface area contributed by atoms with Crippen LogP contribution in [0.3, 0.4) is 0 Å². The van der Waals surface area contributed by atoms with Crippen LogP contribution < -0.4 is 4.74 Å². The zero-order valence-electron chi connectivity index (χ0n) is 9.09. The number of rotatable bonds is 3. The van der Waals surface area contributed by atoms with Crippen molar-refractivity contribution in [3.63, 3.8) is 0 Å². The molecule has 0 saturated carbocycles. The summed E-state index contributed by atoms with van der Waals surface area (Å²) in [5, 5.41) is 0.967. The molecule has 0 heterocycles. The van der Waals surface area contributed by atoms with Crippen LogP contribution in [0, 0.1) is 5.82 Å². The molecule has 0 bridgehead atoms. The van der Waals surface area contributed by atoms with E-state index in [1.54, 1.807) is 30.3 Å². The Morgan fingerprint density at radius 2 is 1.94 bits per heavy atom. The standard InChI is InChI=1S/C13H8BrCl2FO/c14-13-8(2-1-3-11(13)17)7-18-12-5-4-9(15)6-10(12)16/h1-6H,7H2.